The van der Waals surface area contributed by atoms with Gasteiger partial charge in [0.15, 0.2) is 0 Å². The highest BCUT2D eigenvalue weighted by atomic mass is 16.5. The molecule has 2 aliphatic heterocycles. The van der Waals surface area contributed by atoms with Crippen LogP contribution in [0, 0.1) is 0 Å². The van der Waals surface area contributed by atoms with Gasteiger partial charge >= 0.3 is 0 Å². The molecule has 83 heavy (non-hydrogen) atoms. The van der Waals surface area contributed by atoms with Crippen LogP contribution >= 0.6 is 0 Å². The molecule has 0 bridgehead atoms. The van der Waals surface area contributed by atoms with Crippen molar-refractivity contribution in [2.24, 2.45) is 0 Å². The number of allylic oxidation sites excluding steroid dienone is 4. The van der Waals surface area contributed by atoms with E-state index in [0.717, 1.165) is 86.3 Å². The highest BCUT2D eigenvalue weighted by molar-refractivity contribution is 5.98. The summed E-state index contributed by atoms with van der Waals surface area (Å²) in [5, 5.41) is 0. The lowest BCUT2D eigenvalue weighted by Crippen LogP contribution is -2.35. The summed E-state index contributed by atoms with van der Waals surface area (Å²) in [7, 11) is 0. The lowest BCUT2D eigenvalue weighted by molar-refractivity contribution is 0.364. The van der Waals surface area contributed by atoms with Crippen LogP contribution < -0.4 is 14.4 Å². The number of rotatable bonds is 7. The molecule has 0 amide bonds. The topological polar surface area (TPSA) is 21.7 Å². The van der Waals surface area contributed by atoms with Crippen molar-refractivity contribution in [1.82, 2.24) is 0 Å². The van der Waals surface area contributed by atoms with Crippen molar-refractivity contribution < 1.29 is 9.47 Å². The van der Waals surface area contributed by atoms with Crippen LogP contribution in [-0.2, 0) is 10.8 Å². The molecule has 0 aromatic heterocycles. The molecule has 2 heterocycles. The molecule has 0 radical (unpaired) electrons. The van der Waals surface area contributed by atoms with E-state index in [1.807, 2.05) is 0 Å². The Balaban J connectivity index is 0.804. The van der Waals surface area contributed by atoms with Gasteiger partial charge in [0, 0.05) is 45.7 Å². The smallest absolute Gasteiger partial charge is 0.132 e. The molecule has 390 valence electrons. The van der Waals surface area contributed by atoms with Crippen LogP contribution in [0.3, 0.4) is 0 Å². The Labute approximate surface area is 484 Å². The van der Waals surface area contributed by atoms with Crippen molar-refractivity contribution >= 4 is 17.1 Å². The van der Waals surface area contributed by atoms with Gasteiger partial charge in [-0.05, 0) is 162 Å². The van der Waals surface area contributed by atoms with Gasteiger partial charge in [-0.2, -0.15) is 0 Å². The molecule has 3 nitrogen and oxygen atoms in total. The molecule has 12 aromatic rings. The Morgan fingerprint density at radius 2 is 0.759 bits per heavy atom. The third kappa shape index (κ3) is 6.98. The van der Waals surface area contributed by atoms with Gasteiger partial charge in [-0.1, -0.05) is 231 Å². The zero-order valence-corrected chi connectivity index (χ0v) is 45.5. The molecular weight excluding hydrogens is 1010 g/mol. The highest BCUT2D eigenvalue weighted by Gasteiger charge is 2.53. The fourth-order valence-electron chi connectivity index (χ4n) is 14.8. The molecule has 3 aliphatic carbocycles. The van der Waals surface area contributed by atoms with E-state index in [4.69, 9.17) is 9.47 Å². The maximum atomic E-state index is 6.78. The zero-order chi connectivity index (χ0) is 54.6. The van der Waals surface area contributed by atoms with Gasteiger partial charge in [0.1, 0.15) is 23.0 Å². The summed E-state index contributed by atoms with van der Waals surface area (Å²) in [5.41, 5.74) is 26.5. The van der Waals surface area contributed by atoms with Crippen LogP contribution in [0.5, 0.6) is 17.2 Å². The predicted molar refractivity (Wildman–Crippen MR) is 338 cm³/mol. The SMILES string of the molecule is C1=CC2=C(CC1)Oc1ccccc1C21c2ccccc2-c2c(-c3cccc(N(c4ccc(-c5cccc(-c6ccccc6)c5)cc4)c4ccc(-c5ccc6c(c5)C5(c7ccccc7Oc7ccccc75)c5ccccc5-6)cc4)c3)cccc21. The Hall–Kier alpha value is -10.5. The van der Waals surface area contributed by atoms with Crippen molar-refractivity contribution in [3.8, 4) is 84.0 Å². The fraction of sp³-hybridized carbons (Fsp3) is 0.0500. The van der Waals surface area contributed by atoms with Crippen LogP contribution in [0.1, 0.15) is 51.8 Å². The second-order valence-corrected chi connectivity index (χ2v) is 22.5. The van der Waals surface area contributed by atoms with Crippen LogP contribution in [0.25, 0.3) is 66.8 Å². The third-order valence-electron chi connectivity index (χ3n) is 18.3. The number of ether oxygens (including phenoxy) is 2. The van der Waals surface area contributed by atoms with Crippen LogP contribution in [-0.4, -0.2) is 0 Å². The Kier molecular flexibility index (Phi) is 10.6. The first-order valence-electron chi connectivity index (χ1n) is 28.9. The van der Waals surface area contributed by atoms with Crippen LogP contribution in [0.2, 0.25) is 0 Å². The largest absolute Gasteiger partial charge is 0.461 e. The van der Waals surface area contributed by atoms with Crippen molar-refractivity contribution in [2.75, 3.05) is 4.90 Å². The van der Waals surface area contributed by atoms with Gasteiger partial charge in [-0.15, -0.1) is 0 Å². The maximum Gasteiger partial charge on any atom is 0.132 e. The first-order chi connectivity index (χ1) is 41.1. The lowest BCUT2D eigenvalue weighted by Gasteiger charge is -2.41. The van der Waals surface area contributed by atoms with Crippen molar-refractivity contribution in [3.63, 3.8) is 0 Å². The molecule has 3 heteroatoms. The van der Waals surface area contributed by atoms with Crippen LogP contribution in [0.15, 0.2) is 309 Å². The second kappa shape index (κ2) is 18.5. The monoisotopic (exact) mass is 1060 g/mol. The quantitative estimate of drug-likeness (QED) is 0.159. The number of benzene rings is 12. The molecule has 2 spiro atoms. The summed E-state index contributed by atoms with van der Waals surface area (Å²) in [6, 6.07) is 105. The van der Waals surface area contributed by atoms with Gasteiger partial charge in [0.05, 0.1) is 10.8 Å². The van der Waals surface area contributed by atoms with Gasteiger partial charge in [-0.3, -0.25) is 0 Å². The highest BCUT2D eigenvalue weighted by Crippen LogP contribution is 2.64. The van der Waals surface area contributed by atoms with Crippen molar-refractivity contribution in [3.05, 3.63) is 348 Å². The number of para-hydroxylation sites is 3. The zero-order valence-electron chi connectivity index (χ0n) is 45.5. The van der Waals surface area contributed by atoms with Crippen LogP contribution in [0.4, 0.5) is 17.1 Å². The lowest BCUT2D eigenvalue weighted by atomic mass is 9.64. The molecule has 0 saturated heterocycles. The Morgan fingerprint density at radius 3 is 1.45 bits per heavy atom. The van der Waals surface area contributed by atoms with Gasteiger partial charge in [0.2, 0.25) is 0 Å². The normalized spacial score (nSPS) is 15.9. The number of anilines is 3. The summed E-state index contributed by atoms with van der Waals surface area (Å²) in [5.74, 6) is 3.80. The third-order valence-corrected chi connectivity index (χ3v) is 18.3. The molecular formula is C80H53NO2. The molecule has 12 aromatic carbocycles. The average molecular weight is 1060 g/mol. The molecule has 17 rings (SSSR count). The van der Waals surface area contributed by atoms with E-state index in [1.54, 1.807) is 0 Å². The maximum absolute atomic E-state index is 6.78. The number of hydrogen-bond acceptors (Lipinski definition) is 3. The van der Waals surface area contributed by atoms with Gasteiger partial charge in [0.25, 0.3) is 0 Å². The first kappa shape index (κ1) is 47.3. The Morgan fingerprint density at radius 1 is 0.289 bits per heavy atom. The summed E-state index contributed by atoms with van der Waals surface area (Å²) >= 11 is 0. The van der Waals surface area contributed by atoms with E-state index >= 15 is 0 Å². The Bertz CT molecular complexity index is 4640. The fourth-order valence-corrected chi connectivity index (χ4v) is 14.8. The van der Waals surface area contributed by atoms with E-state index in [0.29, 0.717) is 0 Å². The van der Waals surface area contributed by atoms with Gasteiger partial charge in [-0.25, -0.2) is 0 Å². The van der Waals surface area contributed by atoms with E-state index in [1.165, 1.54) is 77.9 Å². The number of hydrogen-bond donors (Lipinski definition) is 0. The summed E-state index contributed by atoms with van der Waals surface area (Å²) in [4.78, 5) is 2.42. The molecule has 1 unspecified atom stereocenters. The summed E-state index contributed by atoms with van der Waals surface area (Å²) in [6.45, 7) is 0. The summed E-state index contributed by atoms with van der Waals surface area (Å²) in [6.07, 6.45) is 6.51. The molecule has 1 atom stereocenters. The number of nitrogens with zero attached hydrogens (tertiary/aromatic N) is 1. The number of fused-ring (bicyclic) bond motifs is 17. The molecule has 0 N–H and O–H groups in total. The minimum atomic E-state index is -0.547. The minimum Gasteiger partial charge on any atom is -0.461 e. The first-order valence-corrected chi connectivity index (χ1v) is 28.9. The molecule has 5 aliphatic rings. The summed E-state index contributed by atoms with van der Waals surface area (Å²) < 4.78 is 13.5. The van der Waals surface area contributed by atoms with Gasteiger partial charge < -0.3 is 14.4 Å². The van der Waals surface area contributed by atoms with E-state index in [9.17, 15) is 0 Å². The minimum absolute atomic E-state index is 0.514. The predicted octanol–water partition coefficient (Wildman–Crippen LogP) is 20.6. The standard InChI is InChI=1S/C80H53NO2/c1-2-19-52(20-3-1)55-21-16-22-56(49-55)53-39-44-59(45-40-53)81(60-46-41-54(42-47-60)57-43-48-64-63-25-4-6-28-66(63)80(73(64)51-57)70-32-10-14-37-76(70)83-77-38-15-11-33-71(77)80)61-24-17-23-58(50-61)62-27-18-34-72-78(62)65-26-5-7-29-67(65)79(72)68-30-8-12-35-74(68)82-75-36-13-9-31-69(75)79/h1-12,14-35,37-51H,13,36H2. The van der Waals surface area contributed by atoms with E-state index in [2.05, 4.69) is 302 Å². The average Bonchev–Trinajstić information content (AvgIpc) is 1.73. The molecule has 0 saturated carbocycles. The second-order valence-electron chi connectivity index (χ2n) is 22.5. The van der Waals surface area contributed by atoms with E-state index in [-0.39, 0.29) is 0 Å². The van der Waals surface area contributed by atoms with Crippen molar-refractivity contribution in [1.29, 1.82) is 0 Å². The van der Waals surface area contributed by atoms with E-state index < -0.39 is 10.8 Å². The molecule has 0 fully saturated rings. The van der Waals surface area contributed by atoms with Crippen molar-refractivity contribution in [2.45, 2.75) is 23.7 Å².